The molecule has 0 saturated carbocycles. The van der Waals surface area contributed by atoms with Gasteiger partial charge in [0.15, 0.2) is 23.0 Å². The monoisotopic (exact) mass is 612 g/mol. The molecule has 11 atom stereocenters. The molecule has 3 heterocycles. The van der Waals surface area contributed by atoms with Gasteiger partial charge in [-0.05, 0) is 24.3 Å². The van der Waals surface area contributed by atoms with Crippen molar-refractivity contribution in [3.8, 4) is 11.5 Å². The van der Waals surface area contributed by atoms with Gasteiger partial charge in [-0.25, -0.2) is 0 Å². The van der Waals surface area contributed by atoms with Gasteiger partial charge in [0.25, 0.3) is 0 Å². The number of fused-ring (bicyclic) bond motifs is 1. The molecule has 11 unspecified atom stereocenters. The minimum absolute atomic E-state index is 0.120. The molecule has 0 amide bonds. The second-order valence-corrected chi connectivity index (χ2v) is 10.3. The predicted molar refractivity (Wildman–Crippen MR) is 139 cm³/mol. The highest BCUT2D eigenvalue weighted by molar-refractivity contribution is 5.70. The van der Waals surface area contributed by atoms with Crippen molar-refractivity contribution in [3.05, 3.63) is 64.8 Å². The van der Waals surface area contributed by atoms with E-state index in [1.54, 1.807) is 0 Å². The Kier molecular flexibility index (Phi) is 8.87. The van der Waals surface area contributed by atoms with Gasteiger partial charge >= 0.3 is 0 Å². The predicted octanol–water partition coefficient (Wildman–Crippen LogP) is -2.72. The number of hydrogen-bond donors (Lipinski definition) is 11. The SMILES string of the molecule is OCC1OC(OC2=C(c3ccc(O)c(OC4OC(CO)C(O)C(O)C4O)c3)OC3C=C(O)C=C(O)C3=C2)C(O)C(O)C1O. The standard InChI is InChI=1S/C27H32O16/c28-7-17-19(33)21(35)23(37)26(42-17)40-15-3-9(1-2-12(15)31)25-16(6-11-13(32)4-10(30)5-14(11)39-25)41-27-24(38)22(36)20(34)18(8-29)43-27/h1-6,14,17-24,26-38H,7-8H2. The van der Waals surface area contributed by atoms with Crippen LogP contribution >= 0.6 is 0 Å². The molecule has 2 fully saturated rings. The second kappa shape index (κ2) is 12.3. The summed E-state index contributed by atoms with van der Waals surface area (Å²) in [5, 5.41) is 111. The average Bonchev–Trinajstić information content (AvgIpc) is 2.98. The average molecular weight is 613 g/mol. The molecule has 43 heavy (non-hydrogen) atoms. The first-order chi connectivity index (χ1) is 20.4. The molecule has 1 aliphatic carbocycles. The van der Waals surface area contributed by atoms with Crippen LogP contribution in [0.15, 0.2) is 59.3 Å². The summed E-state index contributed by atoms with van der Waals surface area (Å²) in [7, 11) is 0. The number of hydrogen-bond acceptors (Lipinski definition) is 16. The maximum absolute atomic E-state index is 10.5. The summed E-state index contributed by atoms with van der Waals surface area (Å²) in [5.41, 5.74) is 0.243. The zero-order valence-corrected chi connectivity index (χ0v) is 22.2. The Balaban J connectivity index is 1.52. The van der Waals surface area contributed by atoms with Crippen molar-refractivity contribution in [2.24, 2.45) is 0 Å². The molecule has 1 aromatic carbocycles. The van der Waals surface area contributed by atoms with Gasteiger partial charge in [0.1, 0.15) is 66.5 Å². The zero-order chi connectivity index (χ0) is 31.2. The number of aliphatic hydroxyl groups excluding tert-OH is 10. The second-order valence-electron chi connectivity index (χ2n) is 10.3. The summed E-state index contributed by atoms with van der Waals surface area (Å²) in [6.45, 7) is -1.44. The fourth-order valence-corrected chi connectivity index (χ4v) is 4.93. The highest BCUT2D eigenvalue weighted by atomic mass is 16.7. The van der Waals surface area contributed by atoms with Crippen LogP contribution in [0.3, 0.4) is 0 Å². The minimum atomic E-state index is -1.80. The van der Waals surface area contributed by atoms with Crippen LogP contribution in [0.2, 0.25) is 0 Å². The van der Waals surface area contributed by atoms with Gasteiger partial charge in [-0.1, -0.05) is 0 Å². The molecule has 5 rings (SSSR count). The van der Waals surface area contributed by atoms with Crippen LogP contribution in [0.1, 0.15) is 5.56 Å². The summed E-state index contributed by atoms with van der Waals surface area (Å²) in [6.07, 6.45) is -13.7. The number of rotatable bonds is 7. The van der Waals surface area contributed by atoms with Crippen molar-refractivity contribution < 1.29 is 79.9 Å². The molecule has 236 valence electrons. The number of aromatic hydroxyl groups is 1. The Morgan fingerprint density at radius 3 is 1.86 bits per heavy atom. The summed E-state index contributed by atoms with van der Waals surface area (Å²) in [5.74, 6) is -1.78. The lowest BCUT2D eigenvalue weighted by Crippen LogP contribution is -2.60. The van der Waals surface area contributed by atoms with E-state index in [4.69, 9.17) is 23.7 Å². The fourth-order valence-electron chi connectivity index (χ4n) is 4.93. The van der Waals surface area contributed by atoms with Crippen LogP contribution in [0, 0.1) is 0 Å². The first kappa shape index (κ1) is 31.0. The van der Waals surface area contributed by atoms with Crippen molar-refractivity contribution >= 4 is 5.76 Å². The highest BCUT2D eigenvalue weighted by Gasteiger charge is 2.47. The number of aliphatic hydroxyl groups is 10. The number of ether oxygens (including phenoxy) is 5. The molecule has 11 N–H and O–H groups in total. The van der Waals surface area contributed by atoms with Gasteiger partial charge in [-0.2, -0.15) is 0 Å². The van der Waals surface area contributed by atoms with Gasteiger partial charge in [0.05, 0.1) is 13.2 Å². The molecule has 0 bridgehead atoms. The van der Waals surface area contributed by atoms with Crippen LogP contribution in [0.4, 0.5) is 0 Å². The maximum Gasteiger partial charge on any atom is 0.229 e. The number of phenolic OH excluding ortho intramolecular Hbond substituents is 1. The van der Waals surface area contributed by atoms with E-state index in [2.05, 4.69) is 0 Å². The molecule has 4 aliphatic rings. The molecule has 16 nitrogen and oxygen atoms in total. The van der Waals surface area contributed by atoms with E-state index in [-0.39, 0.29) is 39.9 Å². The topological polar surface area (TPSA) is 269 Å². The van der Waals surface area contributed by atoms with Crippen molar-refractivity contribution in [1.82, 2.24) is 0 Å². The molecule has 3 aliphatic heterocycles. The van der Waals surface area contributed by atoms with Crippen LogP contribution in [0.25, 0.3) is 5.76 Å². The van der Waals surface area contributed by atoms with Crippen LogP contribution in [-0.4, -0.2) is 137 Å². The zero-order valence-electron chi connectivity index (χ0n) is 22.2. The lowest BCUT2D eigenvalue weighted by atomic mass is 9.96. The lowest BCUT2D eigenvalue weighted by molar-refractivity contribution is -0.290. The van der Waals surface area contributed by atoms with E-state index in [0.29, 0.717) is 0 Å². The number of benzene rings is 1. The molecule has 1 aromatic rings. The minimum Gasteiger partial charge on any atom is -0.508 e. The van der Waals surface area contributed by atoms with Crippen LogP contribution in [-0.2, 0) is 18.9 Å². The molecule has 16 heteroatoms. The van der Waals surface area contributed by atoms with Crippen molar-refractivity contribution in [1.29, 1.82) is 0 Å². The maximum atomic E-state index is 10.5. The lowest BCUT2D eigenvalue weighted by Gasteiger charge is -2.40. The first-order valence-electron chi connectivity index (χ1n) is 13.2. The smallest absolute Gasteiger partial charge is 0.229 e. The van der Waals surface area contributed by atoms with Crippen molar-refractivity contribution in [3.63, 3.8) is 0 Å². The molecule has 0 aromatic heterocycles. The highest BCUT2D eigenvalue weighted by Crippen LogP contribution is 2.40. The molecule has 2 saturated heterocycles. The van der Waals surface area contributed by atoms with Crippen LogP contribution in [0.5, 0.6) is 11.5 Å². The van der Waals surface area contributed by atoms with Crippen molar-refractivity contribution in [2.45, 2.75) is 67.5 Å². The number of allylic oxidation sites excluding steroid dienone is 2. The summed E-state index contributed by atoms with van der Waals surface area (Å²) >= 11 is 0. The fraction of sp³-hybridized carbons (Fsp3) is 0.481. The van der Waals surface area contributed by atoms with E-state index >= 15 is 0 Å². The quantitative estimate of drug-likeness (QED) is 0.149. The van der Waals surface area contributed by atoms with Crippen molar-refractivity contribution in [2.75, 3.05) is 13.2 Å². The summed E-state index contributed by atoms with van der Waals surface area (Å²) in [6, 6.07) is 3.73. The Morgan fingerprint density at radius 2 is 1.28 bits per heavy atom. The third-order valence-corrected chi connectivity index (χ3v) is 7.37. The van der Waals surface area contributed by atoms with E-state index in [1.807, 2.05) is 0 Å². The van der Waals surface area contributed by atoms with Crippen LogP contribution < -0.4 is 4.74 Å². The van der Waals surface area contributed by atoms with E-state index < -0.39 is 86.5 Å². The van der Waals surface area contributed by atoms with E-state index in [9.17, 15) is 56.2 Å². The Labute approximate surface area is 243 Å². The number of phenols is 1. The molecular formula is C27H32O16. The van der Waals surface area contributed by atoms with E-state index in [0.717, 1.165) is 6.08 Å². The Morgan fingerprint density at radius 1 is 0.698 bits per heavy atom. The summed E-state index contributed by atoms with van der Waals surface area (Å²) in [4.78, 5) is 0. The Bertz CT molecular complexity index is 1320. The summed E-state index contributed by atoms with van der Waals surface area (Å²) < 4.78 is 28.2. The largest absolute Gasteiger partial charge is 0.508 e. The van der Waals surface area contributed by atoms with Gasteiger partial charge < -0.3 is 79.9 Å². The normalized spacial score (nSPS) is 37.9. The van der Waals surface area contributed by atoms with Gasteiger partial charge in [-0.3, -0.25) is 0 Å². The molecule has 0 spiro atoms. The molecular weight excluding hydrogens is 580 g/mol. The van der Waals surface area contributed by atoms with Gasteiger partial charge in [0, 0.05) is 23.3 Å². The third kappa shape index (κ3) is 5.89. The third-order valence-electron chi connectivity index (χ3n) is 7.37. The van der Waals surface area contributed by atoms with E-state index in [1.165, 1.54) is 30.4 Å². The Hall–Kier alpha value is -3.42. The van der Waals surface area contributed by atoms with Gasteiger partial charge in [0.2, 0.25) is 12.6 Å². The first-order valence-corrected chi connectivity index (χ1v) is 13.2. The van der Waals surface area contributed by atoms with Gasteiger partial charge in [-0.15, -0.1) is 0 Å². The molecule has 0 radical (unpaired) electrons.